The van der Waals surface area contributed by atoms with Crippen LogP contribution in [0.5, 0.6) is 0 Å². The van der Waals surface area contributed by atoms with Crippen LogP contribution in [0.3, 0.4) is 0 Å². The van der Waals surface area contributed by atoms with E-state index in [9.17, 15) is 26.7 Å². The quantitative estimate of drug-likeness (QED) is 0.768. The molecule has 0 saturated carbocycles. The Bertz CT molecular complexity index is 274. The van der Waals surface area contributed by atoms with Gasteiger partial charge in [-0.15, -0.1) is 0 Å². The monoisotopic (exact) mass is 249 g/mol. The molecule has 0 unspecified atom stereocenters. The predicted octanol–water partition coefficient (Wildman–Crippen LogP) is 1.41. The molecular formula is C8H12F5NO2. The van der Waals surface area contributed by atoms with Gasteiger partial charge in [0.25, 0.3) is 0 Å². The van der Waals surface area contributed by atoms with Gasteiger partial charge >= 0.3 is 18.0 Å². The van der Waals surface area contributed by atoms with E-state index < -0.39 is 30.2 Å². The Morgan fingerprint density at radius 2 is 1.56 bits per heavy atom. The van der Waals surface area contributed by atoms with Crippen molar-refractivity contribution in [3.63, 3.8) is 0 Å². The molecule has 96 valence electrons. The summed E-state index contributed by atoms with van der Waals surface area (Å²) in [6.07, 6.45) is -5.94. The highest BCUT2D eigenvalue weighted by Gasteiger charge is 2.65. The lowest BCUT2D eigenvalue weighted by molar-refractivity contribution is -0.275. The standard InChI is InChI=1S/C8H12F5NO2/c1-6(2,4-15)14(3)5(16)7(9,10)8(11,12)13/h15H,4H2,1-3H3. The summed E-state index contributed by atoms with van der Waals surface area (Å²) in [6.45, 7) is 1.60. The summed E-state index contributed by atoms with van der Waals surface area (Å²) in [5, 5.41) is 8.76. The van der Waals surface area contributed by atoms with Crippen molar-refractivity contribution in [2.75, 3.05) is 13.7 Å². The molecule has 3 nitrogen and oxygen atoms in total. The highest BCUT2D eigenvalue weighted by atomic mass is 19.4. The van der Waals surface area contributed by atoms with E-state index in [0.29, 0.717) is 0 Å². The number of hydrogen-bond donors (Lipinski definition) is 1. The van der Waals surface area contributed by atoms with Gasteiger partial charge in [-0.3, -0.25) is 4.79 Å². The van der Waals surface area contributed by atoms with Crippen molar-refractivity contribution in [1.29, 1.82) is 0 Å². The molecule has 0 rings (SSSR count). The molecule has 0 spiro atoms. The largest absolute Gasteiger partial charge is 0.463 e. The fraction of sp³-hybridized carbons (Fsp3) is 0.875. The van der Waals surface area contributed by atoms with Crippen LogP contribution >= 0.6 is 0 Å². The SMILES string of the molecule is CN(C(=O)C(F)(F)C(F)(F)F)C(C)(C)CO. The van der Waals surface area contributed by atoms with Gasteiger partial charge in [-0.1, -0.05) is 0 Å². The first-order valence-corrected chi connectivity index (χ1v) is 4.21. The lowest BCUT2D eigenvalue weighted by Gasteiger charge is -2.36. The number of halogens is 5. The van der Waals surface area contributed by atoms with Crippen LogP contribution < -0.4 is 0 Å². The predicted molar refractivity (Wildman–Crippen MR) is 44.9 cm³/mol. The van der Waals surface area contributed by atoms with Crippen LogP contribution in [0.25, 0.3) is 0 Å². The van der Waals surface area contributed by atoms with E-state index in [0.717, 1.165) is 20.9 Å². The zero-order chi connectivity index (χ0) is 13.4. The van der Waals surface area contributed by atoms with E-state index in [1.807, 2.05) is 0 Å². The number of carbonyl (C=O) groups excluding carboxylic acids is 1. The highest BCUT2D eigenvalue weighted by molar-refractivity contribution is 5.84. The summed E-state index contributed by atoms with van der Waals surface area (Å²) in [6, 6.07) is 0. The van der Waals surface area contributed by atoms with Crippen LogP contribution in [-0.4, -0.2) is 47.2 Å². The fourth-order valence-electron chi connectivity index (χ4n) is 0.713. The summed E-state index contributed by atoms with van der Waals surface area (Å²) in [4.78, 5) is 11.1. The third kappa shape index (κ3) is 2.60. The molecule has 0 heterocycles. The third-order valence-electron chi connectivity index (χ3n) is 2.22. The average molecular weight is 249 g/mol. The van der Waals surface area contributed by atoms with E-state index in [4.69, 9.17) is 5.11 Å². The minimum atomic E-state index is -5.94. The van der Waals surface area contributed by atoms with Crippen molar-refractivity contribution in [3.05, 3.63) is 0 Å². The van der Waals surface area contributed by atoms with Crippen molar-refractivity contribution in [3.8, 4) is 0 Å². The Labute approximate surface area is 88.8 Å². The van der Waals surface area contributed by atoms with Crippen LogP contribution in [0.2, 0.25) is 0 Å². The van der Waals surface area contributed by atoms with E-state index in [1.165, 1.54) is 0 Å². The molecule has 0 fully saturated rings. The van der Waals surface area contributed by atoms with E-state index in [-0.39, 0.29) is 4.90 Å². The summed E-state index contributed by atoms with van der Waals surface area (Å²) in [7, 11) is 0.776. The molecule has 0 radical (unpaired) electrons. The maximum Gasteiger partial charge on any atom is 0.463 e. The van der Waals surface area contributed by atoms with Gasteiger partial charge in [-0.2, -0.15) is 22.0 Å². The zero-order valence-electron chi connectivity index (χ0n) is 8.90. The first kappa shape index (κ1) is 15.1. The third-order valence-corrected chi connectivity index (χ3v) is 2.22. The molecule has 0 aliphatic carbocycles. The minimum absolute atomic E-state index is 0.181. The Hall–Kier alpha value is -0.920. The van der Waals surface area contributed by atoms with Gasteiger partial charge in [-0.25, -0.2) is 0 Å². The van der Waals surface area contributed by atoms with Crippen molar-refractivity contribution in [1.82, 2.24) is 4.90 Å². The maximum atomic E-state index is 12.6. The number of alkyl halides is 5. The molecule has 1 N–H and O–H groups in total. The van der Waals surface area contributed by atoms with Gasteiger partial charge in [0.2, 0.25) is 0 Å². The summed E-state index contributed by atoms with van der Waals surface area (Å²) in [5.74, 6) is -7.84. The molecule has 1 amide bonds. The van der Waals surface area contributed by atoms with Crippen LogP contribution in [0.4, 0.5) is 22.0 Å². The molecule has 0 aliphatic heterocycles. The first-order valence-electron chi connectivity index (χ1n) is 4.21. The maximum absolute atomic E-state index is 12.6. The van der Waals surface area contributed by atoms with Gasteiger partial charge in [0, 0.05) is 7.05 Å². The van der Waals surface area contributed by atoms with Crippen LogP contribution in [0.1, 0.15) is 13.8 Å². The lowest BCUT2D eigenvalue weighted by Crippen LogP contribution is -2.57. The van der Waals surface area contributed by atoms with E-state index >= 15 is 0 Å². The second-order valence-corrected chi connectivity index (χ2v) is 3.91. The van der Waals surface area contributed by atoms with Crippen LogP contribution in [-0.2, 0) is 4.79 Å². The molecule has 0 aliphatic rings. The lowest BCUT2D eigenvalue weighted by atomic mass is 10.0. The number of carbonyl (C=O) groups is 1. The van der Waals surface area contributed by atoms with Gasteiger partial charge in [0.15, 0.2) is 0 Å². The summed E-state index contributed by atoms with van der Waals surface area (Å²) in [5.41, 5.74) is -1.49. The van der Waals surface area contributed by atoms with Crippen molar-refractivity contribution in [2.45, 2.75) is 31.5 Å². The second kappa shape index (κ2) is 4.15. The average Bonchev–Trinajstić information content (AvgIpc) is 2.13. The fourth-order valence-corrected chi connectivity index (χ4v) is 0.713. The molecule has 0 saturated heterocycles. The molecule has 0 atom stereocenters. The molecule has 0 bridgehead atoms. The summed E-state index contributed by atoms with van der Waals surface area (Å²) < 4.78 is 60.9. The highest BCUT2D eigenvalue weighted by Crippen LogP contribution is 2.37. The van der Waals surface area contributed by atoms with Gasteiger partial charge in [0.1, 0.15) is 0 Å². The number of rotatable bonds is 3. The van der Waals surface area contributed by atoms with Gasteiger partial charge in [-0.05, 0) is 13.8 Å². The van der Waals surface area contributed by atoms with Crippen molar-refractivity contribution in [2.24, 2.45) is 0 Å². The zero-order valence-corrected chi connectivity index (χ0v) is 8.90. The second-order valence-electron chi connectivity index (χ2n) is 3.91. The summed E-state index contributed by atoms with van der Waals surface area (Å²) >= 11 is 0. The molecule has 16 heavy (non-hydrogen) atoms. The molecule has 8 heteroatoms. The van der Waals surface area contributed by atoms with Crippen molar-refractivity contribution >= 4 is 5.91 Å². The smallest absolute Gasteiger partial charge is 0.394 e. The molecule has 0 aromatic rings. The van der Waals surface area contributed by atoms with Crippen LogP contribution in [0, 0.1) is 0 Å². The molecule has 0 aromatic carbocycles. The number of amides is 1. The number of nitrogens with zero attached hydrogens (tertiary/aromatic N) is 1. The van der Waals surface area contributed by atoms with Gasteiger partial charge in [0.05, 0.1) is 12.1 Å². The Balaban J connectivity index is 5.09. The first-order chi connectivity index (χ1) is 6.88. The van der Waals surface area contributed by atoms with Gasteiger partial charge < -0.3 is 10.0 Å². The topological polar surface area (TPSA) is 40.5 Å². The number of hydrogen-bond acceptors (Lipinski definition) is 2. The van der Waals surface area contributed by atoms with Crippen molar-refractivity contribution < 1.29 is 31.9 Å². The number of aliphatic hydroxyl groups is 1. The van der Waals surface area contributed by atoms with Crippen LogP contribution in [0.15, 0.2) is 0 Å². The van der Waals surface area contributed by atoms with E-state index in [2.05, 4.69) is 0 Å². The Morgan fingerprint density at radius 3 is 1.81 bits per heavy atom. The molecular weight excluding hydrogens is 237 g/mol. The Kier molecular flexibility index (Phi) is 3.92. The number of likely N-dealkylation sites (N-methyl/N-ethyl adjacent to an activating group) is 1. The molecule has 0 aromatic heterocycles. The minimum Gasteiger partial charge on any atom is -0.394 e. The number of aliphatic hydroxyl groups excluding tert-OH is 1. The normalized spacial score (nSPS) is 13.8. The Morgan fingerprint density at radius 1 is 1.19 bits per heavy atom. The van der Waals surface area contributed by atoms with E-state index in [1.54, 1.807) is 0 Å².